The minimum Gasteiger partial charge on any atom is -0.278 e. The lowest BCUT2D eigenvalue weighted by Gasteiger charge is -2.12. The summed E-state index contributed by atoms with van der Waals surface area (Å²) in [4.78, 5) is 15.8. The van der Waals surface area contributed by atoms with Crippen LogP contribution in [0.25, 0.3) is 113 Å². The van der Waals surface area contributed by atoms with Crippen LogP contribution < -0.4 is 0 Å². The topological polar surface area (TPSA) is 43.6 Å². The molecule has 6 heteroatoms. The Labute approximate surface area is 335 Å². The van der Waals surface area contributed by atoms with Gasteiger partial charge in [-0.05, 0) is 76.9 Å². The molecule has 0 saturated heterocycles. The van der Waals surface area contributed by atoms with Gasteiger partial charge in [0.25, 0.3) is 0 Å². The van der Waals surface area contributed by atoms with Crippen LogP contribution in [0.2, 0.25) is 0 Å². The third-order valence-corrected chi connectivity index (χ3v) is 13.4. The van der Waals surface area contributed by atoms with Gasteiger partial charge >= 0.3 is 0 Å². The molecule has 0 atom stereocenters. The molecule has 12 rings (SSSR count). The highest BCUT2D eigenvalue weighted by atomic mass is 32.1. The Morgan fingerprint density at radius 1 is 0.333 bits per heavy atom. The first-order valence-corrected chi connectivity index (χ1v) is 20.6. The van der Waals surface area contributed by atoms with Crippen molar-refractivity contribution >= 4 is 84.8 Å². The van der Waals surface area contributed by atoms with E-state index in [0.29, 0.717) is 17.6 Å². The summed E-state index contributed by atoms with van der Waals surface area (Å²) in [5.74, 6) is 1.87. The maximum Gasteiger partial charge on any atom is 0.238 e. The van der Waals surface area contributed by atoms with E-state index in [1.807, 2.05) is 29.5 Å². The molecule has 0 aliphatic rings. The molecule has 12 aromatic rings. The lowest BCUT2D eigenvalue weighted by atomic mass is 10.0. The Bertz CT molecular complexity index is 3530. The number of fused-ring (bicyclic) bond motifs is 9. The number of hydrogen-bond donors (Lipinski definition) is 0. The summed E-state index contributed by atoms with van der Waals surface area (Å²) < 4.78 is 7.27. The van der Waals surface area contributed by atoms with Crippen molar-refractivity contribution in [2.45, 2.75) is 0 Å². The first kappa shape index (κ1) is 32.3. The van der Waals surface area contributed by atoms with Gasteiger partial charge in [-0.25, -0.2) is 4.98 Å². The fraction of sp³-hybridized carbons (Fsp3) is 0. The van der Waals surface area contributed by atoms with Gasteiger partial charge in [-0.3, -0.25) is 4.57 Å². The van der Waals surface area contributed by atoms with Crippen LogP contribution in [0, 0.1) is 0 Å². The molecule has 0 fully saturated rings. The van der Waals surface area contributed by atoms with E-state index in [9.17, 15) is 0 Å². The second-order valence-corrected chi connectivity index (χ2v) is 16.6. The molecule has 0 spiro atoms. The quantitative estimate of drug-likeness (QED) is 0.175. The highest BCUT2D eigenvalue weighted by Crippen LogP contribution is 2.42. The van der Waals surface area contributed by atoms with Crippen LogP contribution in [0.15, 0.2) is 182 Å². The molecule has 0 unspecified atom stereocenters. The van der Waals surface area contributed by atoms with Crippen molar-refractivity contribution in [3.05, 3.63) is 182 Å². The standard InChI is InChI=1S/C51H30N4S2/c1-3-12-31(13-4-1)33-23-27-46-41(30-33)48-38(18-11-21-47(48)57-46)50-52-49(32-14-5-2-6-15-32)53-51(54-50)55-42-19-9-7-16-36(42)39-28-34(22-25-43(39)55)35-24-26-45-40(29-35)37-17-8-10-20-44(37)56-45/h1-30H. The normalized spacial score (nSPS) is 11.9. The molecule has 57 heavy (non-hydrogen) atoms. The van der Waals surface area contributed by atoms with E-state index in [-0.39, 0.29) is 0 Å². The molecule has 0 aliphatic carbocycles. The number of para-hydroxylation sites is 1. The number of nitrogens with zero attached hydrogens (tertiary/aromatic N) is 4. The number of benzene rings is 8. The monoisotopic (exact) mass is 762 g/mol. The highest BCUT2D eigenvalue weighted by molar-refractivity contribution is 7.26. The highest BCUT2D eigenvalue weighted by Gasteiger charge is 2.21. The number of hydrogen-bond acceptors (Lipinski definition) is 5. The maximum atomic E-state index is 5.37. The van der Waals surface area contributed by atoms with Gasteiger partial charge in [0.2, 0.25) is 5.95 Å². The summed E-state index contributed by atoms with van der Waals surface area (Å²) in [6.45, 7) is 0. The second kappa shape index (κ2) is 12.8. The summed E-state index contributed by atoms with van der Waals surface area (Å²) in [5, 5.41) is 7.27. The SMILES string of the molecule is c1ccc(-c2ccc3sc4cccc(-c5nc(-c6ccccc6)nc(-n6c7ccccc7c7cc(-c8ccc9sc%10ccccc%10c9c8)ccc76)n5)c4c3c2)cc1. The first-order valence-electron chi connectivity index (χ1n) is 19.0. The minimum absolute atomic E-state index is 0.588. The van der Waals surface area contributed by atoms with E-state index in [4.69, 9.17) is 15.0 Å². The van der Waals surface area contributed by atoms with Crippen LogP contribution in [-0.4, -0.2) is 19.5 Å². The lowest BCUT2D eigenvalue weighted by Crippen LogP contribution is -2.06. The first-order chi connectivity index (χ1) is 28.2. The summed E-state index contributed by atoms with van der Waals surface area (Å²) >= 11 is 3.65. The molecule has 0 bridgehead atoms. The molecule has 0 aliphatic heterocycles. The van der Waals surface area contributed by atoms with Crippen molar-refractivity contribution in [3.8, 4) is 51.0 Å². The molecule has 4 aromatic heterocycles. The van der Waals surface area contributed by atoms with E-state index in [0.717, 1.165) is 38.3 Å². The van der Waals surface area contributed by atoms with E-state index in [1.165, 1.54) is 57.2 Å². The van der Waals surface area contributed by atoms with Gasteiger partial charge in [0.05, 0.1) is 11.0 Å². The van der Waals surface area contributed by atoms with Gasteiger partial charge < -0.3 is 0 Å². The van der Waals surface area contributed by atoms with Crippen LogP contribution in [0.3, 0.4) is 0 Å². The number of aromatic nitrogens is 4. The third kappa shape index (κ3) is 5.22. The molecule has 8 aromatic carbocycles. The van der Waals surface area contributed by atoms with Gasteiger partial charge in [0, 0.05) is 62.2 Å². The fourth-order valence-electron chi connectivity index (χ4n) is 8.40. The Morgan fingerprint density at radius 2 is 0.895 bits per heavy atom. The lowest BCUT2D eigenvalue weighted by molar-refractivity contribution is 0.954. The molecular formula is C51H30N4S2. The molecule has 4 heterocycles. The molecule has 0 saturated carbocycles. The van der Waals surface area contributed by atoms with Crippen molar-refractivity contribution in [2.24, 2.45) is 0 Å². The van der Waals surface area contributed by atoms with Gasteiger partial charge in [-0.1, -0.05) is 127 Å². The minimum atomic E-state index is 0.588. The van der Waals surface area contributed by atoms with Crippen molar-refractivity contribution in [2.75, 3.05) is 0 Å². The Kier molecular flexibility index (Phi) is 7.24. The summed E-state index contributed by atoms with van der Waals surface area (Å²) in [5.41, 5.74) is 8.78. The average Bonchev–Trinajstić information content (AvgIpc) is 3.95. The molecule has 0 radical (unpaired) electrons. The van der Waals surface area contributed by atoms with E-state index in [1.54, 1.807) is 11.3 Å². The van der Waals surface area contributed by atoms with Crippen molar-refractivity contribution in [3.63, 3.8) is 0 Å². The smallest absolute Gasteiger partial charge is 0.238 e. The van der Waals surface area contributed by atoms with Crippen LogP contribution in [0.4, 0.5) is 0 Å². The van der Waals surface area contributed by atoms with Gasteiger partial charge in [-0.2, -0.15) is 9.97 Å². The second-order valence-electron chi connectivity index (χ2n) is 14.4. The van der Waals surface area contributed by atoms with Crippen LogP contribution in [0.5, 0.6) is 0 Å². The van der Waals surface area contributed by atoms with E-state index < -0.39 is 0 Å². The third-order valence-electron chi connectivity index (χ3n) is 11.1. The summed E-state index contributed by atoms with van der Waals surface area (Å²) in [6, 6.07) is 65.0. The molecule has 0 amide bonds. The Hall–Kier alpha value is -6.99. The molecule has 266 valence electrons. The average molecular weight is 763 g/mol. The van der Waals surface area contributed by atoms with Crippen molar-refractivity contribution < 1.29 is 0 Å². The zero-order valence-electron chi connectivity index (χ0n) is 30.4. The van der Waals surface area contributed by atoms with Crippen LogP contribution in [-0.2, 0) is 0 Å². The zero-order chi connectivity index (χ0) is 37.5. The van der Waals surface area contributed by atoms with E-state index >= 15 is 0 Å². The number of thiophene rings is 2. The van der Waals surface area contributed by atoms with Crippen molar-refractivity contribution in [1.29, 1.82) is 0 Å². The van der Waals surface area contributed by atoms with Gasteiger partial charge in [0.15, 0.2) is 11.6 Å². The largest absolute Gasteiger partial charge is 0.278 e. The van der Waals surface area contributed by atoms with Gasteiger partial charge in [-0.15, -0.1) is 22.7 Å². The van der Waals surface area contributed by atoms with Crippen molar-refractivity contribution in [1.82, 2.24) is 19.5 Å². The van der Waals surface area contributed by atoms with Gasteiger partial charge in [0.1, 0.15) is 0 Å². The predicted octanol–water partition coefficient (Wildman–Crippen LogP) is 14.4. The number of rotatable bonds is 5. The molecule has 4 nitrogen and oxygen atoms in total. The maximum absolute atomic E-state index is 5.37. The Morgan fingerprint density at radius 3 is 1.72 bits per heavy atom. The Balaban J connectivity index is 1.08. The molecular weight excluding hydrogens is 733 g/mol. The van der Waals surface area contributed by atoms with E-state index in [2.05, 4.69) is 168 Å². The molecule has 0 N–H and O–H groups in total. The summed E-state index contributed by atoms with van der Waals surface area (Å²) in [7, 11) is 0. The summed E-state index contributed by atoms with van der Waals surface area (Å²) in [6.07, 6.45) is 0. The predicted molar refractivity (Wildman–Crippen MR) is 242 cm³/mol. The van der Waals surface area contributed by atoms with Crippen LogP contribution in [0.1, 0.15) is 0 Å². The zero-order valence-corrected chi connectivity index (χ0v) is 32.1. The van der Waals surface area contributed by atoms with Crippen LogP contribution >= 0.6 is 22.7 Å². The fourth-order valence-corrected chi connectivity index (χ4v) is 10.6.